The van der Waals surface area contributed by atoms with Gasteiger partial charge in [0.25, 0.3) is 0 Å². The summed E-state index contributed by atoms with van der Waals surface area (Å²) >= 11 is 1.64. The van der Waals surface area contributed by atoms with E-state index in [1.165, 1.54) is 4.88 Å². The molecule has 1 rings (SSSR count). The molecule has 19 heavy (non-hydrogen) atoms. The Hall–Kier alpha value is -0.860. The minimum Gasteiger partial charge on any atom is -0.395 e. The highest BCUT2D eigenvalue weighted by Crippen LogP contribution is 2.17. The third-order valence-electron chi connectivity index (χ3n) is 2.76. The summed E-state index contributed by atoms with van der Waals surface area (Å²) in [6.45, 7) is 5.52. The van der Waals surface area contributed by atoms with E-state index in [0.717, 1.165) is 11.3 Å². The van der Waals surface area contributed by atoms with E-state index in [1.807, 2.05) is 12.1 Å². The standard InChI is InChI=1S/C15H22O3S/c1-15(2,17-3)9-11-18-12-14-8-7-13(19-14)6-4-5-10-16/h7-8,16H,5,9-12H2,1-3H3. The van der Waals surface area contributed by atoms with E-state index in [0.29, 0.717) is 19.6 Å². The van der Waals surface area contributed by atoms with Gasteiger partial charge in [0.2, 0.25) is 0 Å². The second-order valence-electron chi connectivity index (χ2n) is 4.81. The Labute approximate surface area is 119 Å². The van der Waals surface area contributed by atoms with Crippen LogP contribution in [0.5, 0.6) is 0 Å². The first-order valence-corrected chi connectivity index (χ1v) is 7.20. The van der Waals surface area contributed by atoms with Crippen LogP contribution in [0.1, 0.15) is 36.4 Å². The van der Waals surface area contributed by atoms with Crippen LogP contribution >= 0.6 is 11.3 Å². The third-order valence-corrected chi connectivity index (χ3v) is 3.73. The maximum Gasteiger partial charge on any atom is 0.0809 e. The minimum absolute atomic E-state index is 0.115. The number of thiophene rings is 1. The van der Waals surface area contributed by atoms with Crippen molar-refractivity contribution in [2.24, 2.45) is 0 Å². The van der Waals surface area contributed by atoms with Gasteiger partial charge < -0.3 is 14.6 Å². The van der Waals surface area contributed by atoms with Crippen LogP contribution in [0.2, 0.25) is 0 Å². The Bertz CT molecular complexity index is 426. The Morgan fingerprint density at radius 1 is 1.37 bits per heavy atom. The second kappa shape index (κ2) is 8.34. The summed E-state index contributed by atoms with van der Waals surface area (Å²) in [7, 11) is 1.72. The predicted molar refractivity (Wildman–Crippen MR) is 78.3 cm³/mol. The highest BCUT2D eigenvalue weighted by Gasteiger charge is 2.15. The number of rotatable bonds is 7. The molecular formula is C15H22O3S. The van der Waals surface area contributed by atoms with Crippen LogP contribution in [0.25, 0.3) is 0 Å². The maximum atomic E-state index is 8.65. The van der Waals surface area contributed by atoms with E-state index in [2.05, 4.69) is 25.7 Å². The quantitative estimate of drug-likeness (QED) is 0.617. The number of aliphatic hydroxyl groups excluding tert-OH is 1. The minimum atomic E-state index is -0.129. The third kappa shape index (κ3) is 6.74. The van der Waals surface area contributed by atoms with Crippen LogP contribution in [0.15, 0.2) is 12.1 Å². The molecule has 1 heterocycles. The van der Waals surface area contributed by atoms with Crippen molar-refractivity contribution in [2.45, 2.75) is 38.9 Å². The van der Waals surface area contributed by atoms with Gasteiger partial charge >= 0.3 is 0 Å². The molecule has 1 aromatic heterocycles. The Morgan fingerprint density at radius 3 is 2.84 bits per heavy atom. The van der Waals surface area contributed by atoms with Crippen LogP contribution in [0.3, 0.4) is 0 Å². The van der Waals surface area contributed by atoms with Crippen LogP contribution in [-0.4, -0.2) is 31.0 Å². The molecule has 0 fully saturated rings. The topological polar surface area (TPSA) is 38.7 Å². The molecule has 0 atom stereocenters. The smallest absolute Gasteiger partial charge is 0.0809 e. The molecule has 0 aliphatic carbocycles. The van der Waals surface area contributed by atoms with Gasteiger partial charge in [-0.25, -0.2) is 0 Å². The van der Waals surface area contributed by atoms with Gasteiger partial charge in [0, 0.05) is 25.0 Å². The van der Waals surface area contributed by atoms with E-state index < -0.39 is 0 Å². The molecule has 0 aliphatic heterocycles. The van der Waals surface area contributed by atoms with Crippen LogP contribution in [0.4, 0.5) is 0 Å². The molecule has 0 spiro atoms. The van der Waals surface area contributed by atoms with Gasteiger partial charge in [0.1, 0.15) is 0 Å². The lowest BCUT2D eigenvalue weighted by molar-refractivity contribution is -0.0121. The zero-order chi connectivity index (χ0) is 14.1. The molecule has 1 aromatic rings. The summed E-state index contributed by atoms with van der Waals surface area (Å²) in [6.07, 6.45) is 1.40. The highest BCUT2D eigenvalue weighted by molar-refractivity contribution is 7.12. The summed E-state index contributed by atoms with van der Waals surface area (Å²) in [5.74, 6) is 5.94. The maximum absolute atomic E-state index is 8.65. The van der Waals surface area contributed by atoms with E-state index in [-0.39, 0.29) is 12.2 Å². The van der Waals surface area contributed by atoms with Crippen LogP contribution < -0.4 is 0 Å². The largest absolute Gasteiger partial charge is 0.395 e. The van der Waals surface area contributed by atoms with Crippen molar-refractivity contribution in [3.63, 3.8) is 0 Å². The number of hydrogen-bond donors (Lipinski definition) is 1. The van der Waals surface area contributed by atoms with Gasteiger partial charge in [-0.1, -0.05) is 11.8 Å². The first kappa shape index (κ1) is 16.2. The normalized spacial score (nSPS) is 11.2. The Balaban J connectivity index is 2.29. The lowest BCUT2D eigenvalue weighted by atomic mass is 10.1. The molecule has 4 heteroatoms. The van der Waals surface area contributed by atoms with Crippen LogP contribution in [0, 0.1) is 11.8 Å². The number of ether oxygens (including phenoxy) is 2. The van der Waals surface area contributed by atoms with Crippen molar-refractivity contribution < 1.29 is 14.6 Å². The molecule has 0 saturated heterocycles. The molecule has 0 aliphatic rings. The molecule has 0 radical (unpaired) electrons. The summed E-state index contributed by atoms with van der Waals surface area (Å²) in [5, 5.41) is 8.65. The fourth-order valence-corrected chi connectivity index (χ4v) is 2.14. The highest BCUT2D eigenvalue weighted by atomic mass is 32.1. The molecule has 0 saturated carbocycles. The lowest BCUT2D eigenvalue weighted by Crippen LogP contribution is -2.24. The fraction of sp³-hybridized carbons (Fsp3) is 0.600. The summed E-state index contributed by atoms with van der Waals surface area (Å²) in [5.41, 5.74) is -0.129. The van der Waals surface area contributed by atoms with Crippen molar-refractivity contribution in [2.75, 3.05) is 20.3 Å². The first-order valence-electron chi connectivity index (χ1n) is 6.39. The van der Waals surface area contributed by atoms with Gasteiger partial charge in [-0.15, -0.1) is 11.3 Å². The van der Waals surface area contributed by atoms with Gasteiger partial charge in [0.05, 0.1) is 23.7 Å². The van der Waals surface area contributed by atoms with Gasteiger partial charge in [-0.3, -0.25) is 0 Å². The monoisotopic (exact) mass is 282 g/mol. The molecular weight excluding hydrogens is 260 g/mol. The molecule has 1 N–H and O–H groups in total. The van der Waals surface area contributed by atoms with E-state index >= 15 is 0 Å². The SMILES string of the molecule is COC(C)(C)CCOCc1ccc(C#CCCO)s1. The Morgan fingerprint density at radius 2 is 2.16 bits per heavy atom. The lowest BCUT2D eigenvalue weighted by Gasteiger charge is -2.22. The van der Waals surface area contributed by atoms with Crippen molar-refractivity contribution in [3.8, 4) is 11.8 Å². The number of hydrogen-bond acceptors (Lipinski definition) is 4. The van der Waals surface area contributed by atoms with Gasteiger partial charge in [-0.05, 0) is 32.4 Å². The molecule has 0 aromatic carbocycles. The number of methoxy groups -OCH3 is 1. The average molecular weight is 282 g/mol. The van der Waals surface area contributed by atoms with Gasteiger partial charge in [0.15, 0.2) is 0 Å². The first-order chi connectivity index (χ1) is 9.07. The number of aliphatic hydroxyl groups is 1. The predicted octanol–water partition coefficient (Wildman–Crippen LogP) is 2.81. The Kier molecular flexibility index (Phi) is 7.11. The molecule has 0 amide bonds. The van der Waals surface area contributed by atoms with Gasteiger partial charge in [-0.2, -0.15) is 0 Å². The molecule has 3 nitrogen and oxygen atoms in total. The average Bonchev–Trinajstić information content (AvgIpc) is 2.83. The van der Waals surface area contributed by atoms with E-state index in [1.54, 1.807) is 18.4 Å². The van der Waals surface area contributed by atoms with Crippen molar-refractivity contribution in [1.29, 1.82) is 0 Å². The summed E-state index contributed by atoms with van der Waals surface area (Å²) in [4.78, 5) is 2.19. The zero-order valence-corrected chi connectivity index (χ0v) is 12.7. The van der Waals surface area contributed by atoms with E-state index in [4.69, 9.17) is 14.6 Å². The van der Waals surface area contributed by atoms with Crippen molar-refractivity contribution >= 4 is 11.3 Å². The zero-order valence-electron chi connectivity index (χ0n) is 11.9. The summed E-state index contributed by atoms with van der Waals surface area (Å²) in [6, 6.07) is 4.03. The van der Waals surface area contributed by atoms with Crippen molar-refractivity contribution in [3.05, 3.63) is 21.9 Å². The summed E-state index contributed by atoms with van der Waals surface area (Å²) < 4.78 is 11.0. The van der Waals surface area contributed by atoms with Crippen molar-refractivity contribution in [1.82, 2.24) is 0 Å². The molecule has 0 bridgehead atoms. The molecule has 106 valence electrons. The fourth-order valence-electron chi connectivity index (χ4n) is 1.32. The second-order valence-corrected chi connectivity index (χ2v) is 5.98. The van der Waals surface area contributed by atoms with E-state index in [9.17, 15) is 0 Å². The van der Waals surface area contributed by atoms with Crippen LogP contribution in [-0.2, 0) is 16.1 Å². The molecule has 0 unspecified atom stereocenters.